The van der Waals surface area contributed by atoms with Crippen LogP contribution >= 0.6 is 0 Å². The van der Waals surface area contributed by atoms with Crippen LogP contribution in [0.15, 0.2) is 30.5 Å². The minimum Gasteiger partial charge on any atom is -0.382 e. The number of halogens is 1. The number of carbonyl (C=O) groups is 1. The second-order valence-electron chi connectivity index (χ2n) is 6.21. The minimum atomic E-state index is -0.284. The zero-order valence-electron chi connectivity index (χ0n) is 14.5. The van der Waals surface area contributed by atoms with Gasteiger partial charge in [0.05, 0.1) is 17.9 Å². The first kappa shape index (κ1) is 17.6. The molecule has 0 aliphatic carbocycles. The van der Waals surface area contributed by atoms with Crippen LogP contribution in [-0.2, 0) is 9.53 Å². The number of amides is 1. The lowest BCUT2D eigenvalue weighted by molar-refractivity contribution is -0.132. The Morgan fingerprint density at radius 2 is 2.28 bits per heavy atom. The summed E-state index contributed by atoms with van der Waals surface area (Å²) in [5.74, 6) is 0.577. The monoisotopic (exact) mass is 345 g/mol. The van der Waals surface area contributed by atoms with Gasteiger partial charge in [0.25, 0.3) is 0 Å². The van der Waals surface area contributed by atoms with Crippen LogP contribution < -0.4 is 0 Å². The predicted molar refractivity (Wildman–Crippen MR) is 93.4 cm³/mol. The molecule has 0 bridgehead atoms. The molecule has 1 aliphatic rings. The van der Waals surface area contributed by atoms with Gasteiger partial charge in [-0.3, -0.25) is 4.79 Å². The Morgan fingerprint density at radius 3 is 3.08 bits per heavy atom. The molecular weight excluding hydrogens is 321 g/mol. The number of benzene rings is 1. The summed E-state index contributed by atoms with van der Waals surface area (Å²) in [6, 6.07) is 6.55. The van der Waals surface area contributed by atoms with Crippen molar-refractivity contribution in [2.75, 3.05) is 19.8 Å². The van der Waals surface area contributed by atoms with Crippen LogP contribution in [0.2, 0.25) is 0 Å². The Balaban J connectivity index is 1.69. The number of hydrogen-bond donors (Lipinski definition) is 1. The van der Waals surface area contributed by atoms with E-state index in [1.165, 1.54) is 6.07 Å². The van der Waals surface area contributed by atoms with Gasteiger partial charge < -0.3 is 14.6 Å². The standard InChI is InChI=1S/C19H24FN3O2/c1-2-25-12-6-10-18(24)23-11-5-9-17(23)19-21-13-16(22-19)14-7-3-4-8-15(14)20/h3-4,7-8,13,17H,2,5-6,9-12H2,1H3,(H,21,22). The number of imidazole rings is 1. The predicted octanol–water partition coefficient (Wildman–Crippen LogP) is 3.70. The van der Waals surface area contributed by atoms with Gasteiger partial charge in [-0.2, -0.15) is 0 Å². The minimum absolute atomic E-state index is 0.0554. The summed E-state index contributed by atoms with van der Waals surface area (Å²) < 4.78 is 19.2. The summed E-state index contributed by atoms with van der Waals surface area (Å²) in [5, 5.41) is 0. The highest BCUT2D eigenvalue weighted by atomic mass is 19.1. The number of hydrogen-bond acceptors (Lipinski definition) is 3. The topological polar surface area (TPSA) is 58.2 Å². The summed E-state index contributed by atoms with van der Waals surface area (Å²) in [6.45, 7) is 3.97. The molecule has 1 aromatic heterocycles. The van der Waals surface area contributed by atoms with Crippen molar-refractivity contribution in [3.8, 4) is 11.3 Å². The Bertz CT molecular complexity index is 716. The van der Waals surface area contributed by atoms with Crippen molar-refractivity contribution in [2.45, 2.75) is 38.6 Å². The fourth-order valence-corrected chi connectivity index (χ4v) is 3.29. The van der Waals surface area contributed by atoms with Crippen molar-refractivity contribution in [1.29, 1.82) is 0 Å². The van der Waals surface area contributed by atoms with Crippen LogP contribution in [0, 0.1) is 5.82 Å². The molecule has 1 fully saturated rings. The number of ether oxygens (including phenoxy) is 1. The smallest absolute Gasteiger partial charge is 0.223 e. The van der Waals surface area contributed by atoms with Crippen molar-refractivity contribution in [3.63, 3.8) is 0 Å². The molecule has 2 heterocycles. The zero-order valence-corrected chi connectivity index (χ0v) is 14.5. The van der Waals surface area contributed by atoms with Gasteiger partial charge in [0.2, 0.25) is 5.91 Å². The van der Waals surface area contributed by atoms with Crippen molar-refractivity contribution in [1.82, 2.24) is 14.9 Å². The number of carbonyl (C=O) groups excluding carboxylic acids is 1. The molecule has 1 saturated heterocycles. The summed E-state index contributed by atoms with van der Waals surface area (Å²) in [6.07, 6.45) is 4.69. The number of aromatic amines is 1. The lowest BCUT2D eigenvalue weighted by atomic mass is 10.1. The Kier molecular flexibility index (Phi) is 5.81. The van der Waals surface area contributed by atoms with E-state index in [4.69, 9.17) is 4.74 Å². The quantitative estimate of drug-likeness (QED) is 0.779. The summed E-state index contributed by atoms with van der Waals surface area (Å²) in [5.41, 5.74) is 1.14. The van der Waals surface area contributed by atoms with Gasteiger partial charge >= 0.3 is 0 Å². The molecule has 2 aromatic rings. The highest BCUT2D eigenvalue weighted by Crippen LogP contribution is 2.32. The number of nitrogens with zero attached hydrogens (tertiary/aromatic N) is 2. The van der Waals surface area contributed by atoms with Crippen molar-refractivity contribution in [3.05, 3.63) is 42.1 Å². The molecule has 1 aromatic carbocycles. The van der Waals surface area contributed by atoms with Gasteiger partial charge in [-0.15, -0.1) is 0 Å². The van der Waals surface area contributed by atoms with E-state index in [-0.39, 0.29) is 17.8 Å². The second-order valence-corrected chi connectivity index (χ2v) is 6.21. The molecule has 1 unspecified atom stereocenters. The Hall–Kier alpha value is -2.21. The first-order valence-corrected chi connectivity index (χ1v) is 8.87. The van der Waals surface area contributed by atoms with Crippen LogP contribution in [0.3, 0.4) is 0 Å². The van der Waals surface area contributed by atoms with Crippen LogP contribution in [0.4, 0.5) is 4.39 Å². The van der Waals surface area contributed by atoms with Crippen molar-refractivity contribution < 1.29 is 13.9 Å². The van der Waals surface area contributed by atoms with E-state index in [0.717, 1.165) is 31.6 Å². The third kappa shape index (κ3) is 4.07. The normalized spacial score (nSPS) is 17.2. The highest BCUT2D eigenvalue weighted by Gasteiger charge is 2.31. The molecule has 0 radical (unpaired) electrons. The van der Waals surface area contributed by atoms with E-state index in [9.17, 15) is 9.18 Å². The SMILES string of the molecule is CCOCCCC(=O)N1CCCC1c1ncc(-c2ccccc2F)[nH]1. The molecule has 1 amide bonds. The maximum absolute atomic E-state index is 13.9. The van der Waals surface area contributed by atoms with Gasteiger partial charge in [-0.1, -0.05) is 12.1 Å². The first-order valence-electron chi connectivity index (χ1n) is 8.87. The third-order valence-electron chi connectivity index (χ3n) is 4.53. The van der Waals surface area contributed by atoms with E-state index in [1.807, 2.05) is 11.8 Å². The maximum atomic E-state index is 13.9. The molecule has 134 valence electrons. The summed E-state index contributed by atoms with van der Waals surface area (Å²) in [7, 11) is 0. The average molecular weight is 345 g/mol. The van der Waals surface area contributed by atoms with E-state index in [2.05, 4.69) is 9.97 Å². The Labute approximate surface area is 147 Å². The molecule has 1 N–H and O–H groups in total. The fourth-order valence-electron chi connectivity index (χ4n) is 3.29. The number of nitrogens with one attached hydrogen (secondary N) is 1. The van der Waals surface area contributed by atoms with E-state index < -0.39 is 0 Å². The van der Waals surface area contributed by atoms with Crippen LogP contribution in [-0.4, -0.2) is 40.5 Å². The molecule has 0 saturated carbocycles. The molecule has 6 heteroatoms. The van der Waals surface area contributed by atoms with E-state index in [0.29, 0.717) is 30.9 Å². The molecule has 5 nitrogen and oxygen atoms in total. The van der Waals surface area contributed by atoms with Crippen molar-refractivity contribution in [2.24, 2.45) is 0 Å². The van der Waals surface area contributed by atoms with E-state index in [1.54, 1.807) is 24.4 Å². The number of H-pyrrole nitrogens is 1. The number of likely N-dealkylation sites (tertiary alicyclic amines) is 1. The van der Waals surface area contributed by atoms with Gasteiger partial charge in [0, 0.05) is 31.7 Å². The summed E-state index contributed by atoms with van der Waals surface area (Å²) in [4.78, 5) is 22.0. The molecule has 25 heavy (non-hydrogen) atoms. The lowest BCUT2D eigenvalue weighted by Gasteiger charge is -2.23. The largest absolute Gasteiger partial charge is 0.382 e. The van der Waals surface area contributed by atoms with Crippen LogP contribution in [0.5, 0.6) is 0 Å². The van der Waals surface area contributed by atoms with Crippen molar-refractivity contribution >= 4 is 5.91 Å². The third-order valence-corrected chi connectivity index (χ3v) is 4.53. The van der Waals surface area contributed by atoms with Gasteiger partial charge in [0.15, 0.2) is 0 Å². The lowest BCUT2D eigenvalue weighted by Crippen LogP contribution is -2.31. The number of rotatable bonds is 7. The molecule has 3 rings (SSSR count). The Morgan fingerprint density at radius 1 is 1.44 bits per heavy atom. The molecular formula is C19H24FN3O2. The molecule has 1 atom stereocenters. The molecule has 0 spiro atoms. The van der Waals surface area contributed by atoms with Crippen LogP contribution in [0.1, 0.15) is 44.5 Å². The van der Waals surface area contributed by atoms with Gasteiger partial charge in [-0.25, -0.2) is 9.37 Å². The number of aromatic nitrogens is 2. The van der Waals surface area contributed by atoms with Crippen LogP contribution in [0.25, 0.3) is 11.3 Å². The average Bonchev–Trinajstić information content (AvgIpc) is 3.27. The zero-order chi connectivity index (χ0) is 17.6. The van der Waals surface area contributed by atoms with Gasteiger partial charge in [-0.05, 0) is 38.3 Å². The van der Waals surface area contributed by atoms with Gasteiger partial charge in [0.1, 0.15) is 11.6 Å². The highest BCUT2D eigenvalue weighted by molar-refractivity contribution is 5.77. The summed E-state index contributed by atoms with van der Waals surface area (Å²) >= 11 is 0. The fraction of sp³-hybridized carbons (Fsp3) is 0.474. The van der Waals surface area contributed by atoms with E-state index >= 15 is 0 Å². The maximum Gasteiger partial charge on any atom is 0.223 e. The molecule has 1 aliphatic heterocycles. The second kappa shape index (κ2) is 8.25. The first-order chi connectivity index (χ1) is 12.2.